The first kappa shape index (κ1) is 17.2. The van der Waals surface area contributed by atoms with Crippen LogP contribution in [0.2, 0.25) is 0 Å². The van der Waals surface area contributed by atoms with Crippen LogP contribution in [0.25, 0.3) is 0 Å². The topological polar surface area (TPSA) is 12.9 Å². The van der Waals surface area contributed by atoms with Gasteiger partial charge in [0.05, 0.1) is 0 Å². The lowest BCUT2D eigenvalue weighted by Crippen LogP contribution is -2.22. The van der Waals surface area contributed by atoms with E-state index in [1.54, 1.807) is 0 Å². The highest BCUT2D eigenvalue weighted by atomic mass is 32.1. The van der Waals surface area contributed by atoms with E-state index in [9.17, 15) is 0 Å². The molecule has 0 saturated heterocycles. The van der Waals surface area contributed by atoms with Crippen molar-refractivity contribution in [2.24, 2.45) is 0 Å². The van der Waals surface area contributed by atoms with Gasteiger partial charge in [-0.05, 0) is 35.7 Å². The van der Waals surface area contributed by atoms with E-state index in [1.807, 2.05) is 0 Å². The maximum Gasteiger partial charge on any atom is 0.130 e. The lowest BCUT2D eigenvalue weighted by atomic mass is 9.74. The highest BCUT2D eigenvalue weighted by Gasteiger charge is 2.29. The van der Waals surface area contributed by atoms with Crippen molar-refractivity contribution in [1.82, 2.24) is 4.37 Å². The van der Waals surface area contributed by atoms with E-state index in [1.165, 1.54) is 74.9 Å². The van der Waals surface area contributed by atoms with Gasteiger partial charge < -0.3 is 0 Å². The van der Waals surface area contributed by atoms with Gasteiger partial charge in [0.15, 0.2) is 0 Å². The molecular weight excluding hydrogens is 262 g/mol. The van der Waals surface area contributed by atoms with E-state index in [0.717, 1.165) is 5.69 Å². The van der Waals surface area contributed by atoms with Crippen molar-refractivity contribution in [3.63, 3.8) is 0 Å². The van der Waals surface area contributed by atoms with Crippen molar-refractivity contribution >= 4 is 11.5 Å². The maximum absolute atomic E-state index is 5.62. The minimum Gasteiger partial charge on any atom is -0.184 e. The first-order valence-electron chi connectivity index (χ1n) is 8.09. The first-order chi connectivity index (χ1) is 9.68. The van der Waals surface area contributed by atoms with Crippen LogP contribution in [0, 0.1) is 12.3 Å². The van der Waals surface area contributed by atoms with Crippen LogP contribution < -0.4 is 0 Å². The van der Waals surface area contributed by atoms with Gasteiger partial charge in [-0.2, -0.15) is 4.37 Å². The van der Waals surface area contributed by atoms with Crippen molar-refractivity contribution in [3.05, 3.63) is 16.6 Å². The molecule has 0 radical (unpaired) electrons. The lowest BCUT2D eigenvalue weighted by molar-refractivity contribution is 0.365. The van der Waals surface area contributed by atoms with E-state index in [-0.39, 0.29) is 5.41 Å². The van der Waals surface area contributed by atoms with Gasteiger partial charge in [0.1, 0.15) is 5.69 Å². The van der Waals surface area contributed by atoms with Crippen LogP contribution in [0.3, 0.4) is 0 Å². The minimum atomic E-state index is 0.220. The largest absolute Gasteiger partial charge is 0.184 e. The van der Waals surface area contributed by atoms with Crippen molar-refractivity contribution in [1.29, 1.82) is 0 Å². The monoisotopic (exact) mass is 291 g/mol. The predicted octanol–water partition coefficient (Wildman–Crippen LogP) is 5.93. The summed E-state index contributed by atoms with van der Waals surface area (Å²) in [5.41, 5.74) is 2.42. The Hall–Kier alpha value is -0.810. The molecule has 0 spiro atoms. The predicted molar refractivity (Wildman–Crippen MR) is 90.3 cm³/mol. The van der Waals surface area contributed by atoms with E-state index >= 15 is 0 Å². The van der Waals surface area contributed by atoms with Crippen molar-refractivity contribution in [3.8, 4) is 12.3 Å². The maximum atomic E-state index is 5.62. The summed E-state index contributed by atoms with van der Waals surface area (Å²) in [4.78, 5) is 0. The number of hydrogen-bond acceptors (Lipinski definition) is 2. The van der Waals surface area contributed by atoms with Crippen LogP contribution in [-0.4, -0.2) is 4.37 Å². The standard InChI is InChI=1S/C18H29NS/c1-5-8-10-12-14-18(4,13-11-9-6-2)16-15-20-19-17(16)7-3/h3,15H,5-6,8-14H2,1-2,4H3. The summed E-state index contributed by atoms with van der Waals surface area (Å²) >= 11 is 1.51. The molecule has 0 fully saturated rings. The van der Waals surface area contributed by atoms with Gasteiger partial charge in [0.2, 0.25) is 0 Å². The Morgan fingerprint density at radius 2 is 1.70 bits per heavy atom. The number of terminal acetylenes is 1. The number of aromatic nitrogens is 1. The molecule has 2 heteroatoms. The Morgan fingerprint density at radius 3 is 2.30 bits per heavy atom. The summed E-state index contributed by atoms with van der Waals surface area (Å²) < 4.78 is 4.38. The molecule has 0 amide bonds. The van der Waals surface area contributed by atoms with Crippen LogP contribution in [0.4, 0.5) is 0 Å². The molecule has 1 unspecified atom stereocenters. The van der Waals surface area contributed by atoms with Crippen molar-refractivity contribution in [2.45, 2.75) is 84.0 Å². The first-order valence-corrected chi connectivity index (χ1v) is 8.93. The molecule has 1 heterocycles. The van der Waals surface area contributed by atoms with Gasteiger partial charge in [-0.3, -0.25) is 0 Å². The molecule has 1 nitrogen and oxygen atoms in total. The summed E-state index contributed by atoms with van der Waals surface area (Å²) in [6, 6.07) is 0. The van der Waals surface area contributed by atoms with Crippen LogP contribution in [0.15, 0.2) is 5.38 Å². The number of nitrogens with zero attached hydrogens (tertiary/aromatic N) is 1. The highest BCUT2D eigenvalue weighted by molar-refractivity contribution is 7.03. The van der Waals surface area contributed by atoms with Crippen LogP contribution in [0.1, 0.15) is 89.8 Å². The zero-order valence-electron chi connectivity index (χ0n) is 13.4. The zero-order chi connectivity index (χ0) is 14.8. The fourth-order valence-corrected chi connectivity index (χ4v) is 3.68. The van der Waals surface area contributed by atoms with Crippen LogP contribution in [0.5, 0.6) is 0 Å². The molecule has 0 aliphatic rings. The fourth-order valence-electron chi connectivity index (χ4n) is 2.87. The number of unbranched alkanes of at least 4 members (excludes halogenated alkanes) is 5. The third kappa shape index (κ3) is 4.94. The summed E-state index contributed by atoms with van der Waals surface area (Å²) in [7, 11) is 0. The molecule has 0 aliphatic carbocycles. The molecule has 1 rings (SSSR count). The van der Waals surface area contributed by atoms with E-state index < -0.39 is 0 Å². The van der Waals surface area contributed by atoms with Crippen LogP contribution in [-0.2, 0) is 5.41 Å². The fraction of sp³-hybridized carbons (Fsp3) is 0.722. The third-order valence-corrected chi connectivity index (χ3v) is 4.90. The highest BCUT2D eigenvalue weighted by Crippen LogP contribution is 2.37. The van der Waals surface area contributed by atoms with E-state index in [0.29, 0.717) is 0 Å². The van der Waals surface area contributed by atoms with Gasteiger partial charge in [-0.1, -0.05) is 65.7 Å². The molecule has 0 saturated carbocycles. The molecule has 1 aromatic rings. The molecule has 20 heavy (non-hydrogen) atoms. The van der Waals surface area contributed by atoms with Gasteiger partial charge in [-0.15, -0.1) is 6.42 Å². The second-order valence-corrected chi connectivity index (χ2v) is 6.68. The van der Waals surface area contributed by atoms with E-state index in [4.69, 9.17) is 6.42 Å². The Balaban J connectivity index is 2.75. The average Bonchev–Trinajstić information content (AvgIpc) is 2.93. The molecule has 112 valence electrons. The zero-order valence-corrected chi connectivity index (χ0v) is 14.2. The Morgan fingerprint density at radius 1 is 1.10 bits per heavy atom. The molecule has 0 bridgehead atoms. The van der Waals surface area contributed by atoms with Crippen LogP contribution >= 0.6 is 11.5 Å². The SMILES string of the molecule is C#Cc1nscc1C(C)(CCCCC)CCCCCC. The number of rotatable bonds is 10. The van der Waals surface area contributed by atoms with Crippen molar-refractivity contribution < 1.29 is 0 Å². The average molecular weight is 292 g/mol. The summed E-state index contributed by atoms with van der Waals surface area (Å²) in [6.07, 6.45) is 17.2. The molecule has 1 aromatic heterocycles. The minimum absolute atomic E-state index is 0.220. The lowest BCUT2D eigenvalue weighted by Gasteiger charge is -2.29. The second-order valence-electron chi connectivity index (χ2n) is 6.05. The molecule has 0 aromatic carbocycles. The Kier molecular flexibility index (Phi) is 7.92. The quantitative estimate of drug-likeness (QED) is 0.384. The Bertz CT molecular complexity index is 415. The summed E-state index contributed by atoms with van der Waals surface area (Å²) in [5, 5.41) is 2.18. The van der Waals surface area contributed by atoms with Gasteiger partial charge in [0, 0.05) is 10.9 Å². The summed E-state index contributed by atoms with van der Waals surface area (Å²) in [5.74, 6) is 2.77. The number of hydrogen-bond donors (Lipinski definition) is 0. The van der Waals surface area contributed by atoms with Gasteiger partial charge in [0.25, 0.3) is 0 Å². The molecule has 0 aliphatic heterocycles. The molecule has 0 N–H and O–H groups in total. The van der Waals surface area contributed by atoms with Gasteiger partial charge in [-0.25, -0.2) is 0 Å². The normalized spacial score (nSPS) is 13.9. The van der Waals surface area contributed by atoms with Gasteiger partial charge >= 0.3 is 0 Å². The smallest absolute Gasteiger partial charge is 0.130 e. The molecule has 1 atom stereocenters. The summed E-state index contributed by atoms with van der Waals surface area (Å²) in [6.45, 7) is 6.91. The Labute approximate surface area is 129 Å². The third-order valence-electron chi connectivity index (χ3n) is 4.27. The second kappa shape index (κ2) is 9.19. The van der Waals surface area contributed by atoms with Crippen molar-refractivity contribution in [2.75, 3.05) is 0 Å². The molecular formula is C18H29NS. The van der Waals surface area contributed by atoms with E-state index in [2.05, 4.69) is 36.4 Å².